The summed E-state index contributed by atoms with van der Waals surface area (Å²) >= 11 is 0. The van der Waals surface area contributed by atoms with Crippen LogP contribution < -0.4 is 0 Å². The van der Waals surface area contributed by atoms with Crippen LogP contribution in [0.25, 0.3) is 100 Å². The monoisotopic (exact) mass is 677 g/mol. The van der Waals surface area contributed by atoms with Crippen molar-refractivity contribution in [2.45, 2.75) is 0 Å². The highest BCUT2D eigenvalue weighted by molar-refractivity contribution is 6.09. The van der Waals surface area contributed by atoms with Gasteiger partial charge in [0.2, 0.25) is 0 Å². The number of hydrogen-bond acceptors (Lipinski definition) is 4. The van der Waals surface area contributed by atoms with Gasteiger partial charge in [-0.2, -0.15) is 0 Å². The zero-order chi connectivity index (χ0) is 35.1. The molecule has 0 saturated heterocycles. The largest absolute Gasteiger partial charge is 0.455 e. The first-order valence-corrected chi connectivity index (χ1v) is 17.8. The van der Waals surface area contributed by atoms with Crippen molar-refractivity contribution in [3.63, 3.8) is 0 Å². The first kappa shape index (κ1) is 30.6. The van der Waals surface area contributed by atoms with E-state index in [4.69, 9.17) is 19.4 Å². The molecule has 0 atom stereocenters. The Morgan fingerprint density at radius 1 is 0.302 bits per heavy atom. The van der Waals surface area contributed by atoms with E-state index in [9.17, 15) is 0 Å². The van der Waals surface area contributed by atoms with Crippen molar-refractivity contribution in [2.24, 2.45) is 0 Å². The van der Waals surface area contributed by atoms with E-state index >= 15 is 0 Å². The second kappa shape index (κ2) is 12.9. The van der Waals surface area contributed by atoms with Crippen LogP contribution in [0.1, 0.15) is 0 Å². The van der Waals surface area contributed by atoms with Gasteiger partial charge in [-0.05, 0) is 68.4 Å². The van der Waals surface area contributed by atoms with E-state index in [0.29, 0.717) is 17.5 Å². The average Bonchev–Trinajstić information content (AvgIpc) is 3.63. The number of rotatable bonds is 6. The van der Waals surface area contributed by atoms with Crippen LogP contribution in [0.15, 0.2) is 192 Å². The van der Waals surface area contributed by atoms with Crippen LogP contribution in [0.4, 0.5) is 0 Å². The van der Waals surface area contributed by atoms with Gasteiger partial charge in [0.15, 0.2) is 17.5 Å². The van der Waals surface area contributed by atoms with Crippen LogP contribution >= 0.6 is 0 Å². The molecule has 8 aromatic carbocycles. The summed E-state index contributed by atoms with van der Waals surface area (Å²) < 4.78 is 6.47. The quantitative estimate of drug-likeness (QED) is 0.176. The zero-order valence-electron chi connectivity index (χ0n) is 28.6. The van der Waals surface area contributed by atoms with Crippen molar-refractivity contribution in [1.29, 1.82) is 0 Å². The molecule has 0 N–H and O–H groups in total. The number of aromatic nitrogens is 3. The molecule has 0 spiro atoms. The lowest BCUT2D eigenvalue weighted by Crippen LogP contribution is -2.01. The molecule has 0 fully saturated rings. The maximum atomic E-state index is 6.47. The Morgan fingerprint density at radius 3 is 1.68 bits per heavy atom. The van der Waals surface area contributed by atoms with E-state index in [0.717, 1.165) is 60.9 Å². The van der Waals surface area contributed by atoms with Crippen LogP contribution in [0.5, 0.6) is 0 Å². The molecule has 0 amide bonds. The van der Waals surface area contributed by atoms with Gasteiger partial charge in [0.05, 0.1) is 5.56 Å². The first-order valence-electron chi connectivity index (χ1n) is 17.8. The fourth-order valence-electron chi connectivity index (χ4n) is 7.39. The van der Waals surface area contributed by atoms with Crippen molar-refractivity contribution in [2.75, 3.05) is 0 Å². The first-order chi connectivity index (χ1) is 26.3. The van der Waals surface area contributed by atoms with Gasteiger partial charge in [-0.1, -0.05) is 164 Å². The zero-order valence-corrected chi connectivity index (χ0v) is 28.6. The smallest absolute Gasteiger partial charge is 0.167 e. The molecule has 4 nitrogen and oxygen atoms in total. The molecule has 10 aromatic rings. The summed E-state index contributed by atoms with van der Waals surface area (Å²) in [5, 5.41) is 4.50. The van der Waals surface area contributed by atoms with Gasteiger partial charge < -0.3 is 4.42 Å². The fraction of sp³-hybridized carbons (Fsp3) is 0. The van der Waals surface area contributed by atoms with E-state index in [1.807, 2.05) is 42.5 Å². The third kappa shape index (κ3) is 5.54. The van der Waals surface area contributed by atoms with Gasteiger partial charge in [-0.15, -0.1) is 0 Å². The number of benzene rings is 8. The van der Waals surface area contributed by atoms with Crippen LogP contribution in [0.2, 0.25) is 0 Å². The van der Waals surface area contributed by atoms with Crippen molar-refractivity contribution >= 4 is 32.7 Å². The van der Waals surface area contributed by atoms with Gasteiger partial charge >= 0.3 is 0 Å². The topological polar surface area (TPSA) is 51.8 Å². The van der Waals surface area contributed by atoms with Crippen molar-refractivity contribution in [3.8, 4) is 67.5 Å². The highest BCUT2D eigenvalue weighted by Crippen LogP contribution is 2.38. The lowest BCUT2D eigenvalue weighted by atomic mass is 9.95. The minimum atomic E-state index is 0.557. The summed E-state index contributed by atoms with van der Waals surface area (Å²) in [5.74, 6) is 1.75. The summed E-state index contributed by atoms with van der Waals surface area (Å²) in [6.07, 6.45) is 0. The Kier molecular flexibility index (Phi) is 7.43. The van der Waals surface area contributed by atoms with E-state index in [1.54, 1.807) is 0 Å². The minimum Gasteiger partial charge on any atom is -0.455 e. The standard InChI is InChI=1S/C49H31N3O/c1-3-14-32(15-4-1)38-24-12-19-36-30-35(28-29-40(36)38)34-18-11-20-37(31-34)47-50-48(43-23-8-7-21-39(43)33-16-5-2-6-17-33)52-49(51-47)44-26-13-25-42-41-22-9-10-27-45(41)53-46(42)44/h1-31H. The summed E-state index contributed by atoms with van der Waals surface area (Å²) in [5.41, 5.74) is 11.0. The third-order valence-electron chi connectivity index (χ3n) is 9.95. The summed E-state index contributed by atoms with van der Waals surface area (Å²) in [7, 11) is 0. The lowest BCUT2D eigenvalue weighted by Gasteiger charge is -2.13. The minimum absolute atomic E-state index is 0.557. The summed E-state index contributed by atoms with van der Waals surface area (Å²) in [4.78, 5) is 15.5. The number of para-hydroxylation sites is 2. The van der Waals surface area contributed by atoms with E-state index in [-0.39, 0.29) is 0 Å². The van der Waals surface area contributed by atoms with Crippen LogP contribution in [-0.4, -0.2) is 15.0 Å². The molecule has 0 saturated carbocycles. The summed E-state index contributed by atoms with van der Waals surface area (Å²) in [6.45, 7) is 0. The Morgan fingerprint density at radius 2 is 0.849 bits per heavy atom. The van der Waals surface area contributed by atoms with E-state index in [2.05, 4.69) is 146 Å². The lowest BCUT2D eigenvalue weighted by molar-refractivity contribution is 0.669. The van der Waals surface area contributed by atoms with Gasteiger partial charge in [-0.25, -0.2) is 15.0 Å². The SMILES string of the molecule is c1ccc(-c2ccccc2-c2nc(-c3cccc(-c4ccc5c(-c6ccccc6)cccc5c4)c3)nc(-c3cccc4c3oc3ccccc34)n2)cc1. The van der Waals surface area contributed by atoms with Crippen molar-refractivity contribution in [1.82, 2.24) is 15.0 Å². The Labute approximate surface area is 306 Å². The Balaban J connectivity index is 1.14. The van der Waals surface area contributed by atoms with Gasteiger partial charge in [0, 0.05) is 21.9 Å². The fourth-order valence-corrected chi connectivity index (χ4v) is 7.39. The molecule has 248 valence electrons. The normalized spacial score (nSPS) is 11.4. The molecule has 10 rings (SSSR count). The Hall–Kier alpha value is -7.17. The van der Waals surface area contributed by atoms with Crippen molar-refractivity contribution < 1.29 is 4.42 Å². The van der Waals surface area contributed by atoms with E-state index in [1.165, 1.54) is 21.9 Å². The molecule has 53 heavy (non-hydrogen) atoms. The van der Waals surface area contributed by atoms with Crippen LogP contribution in [0.3, 0.4) is 0 Å². The highest BCUT2D eigenvalue weighted by atomic mass is 16.3. The predicted octanol–water partition coefficient (Wildman–Crippen LogP) is 12.9. The van der Waals surface area contributed by atoms with Crippen LogP contribution in [-0.2, 0) is 0 Å². The number of nitrogens with zero attached hydrogens (tertiary/aromatic N) is 3. The molecule has 0 aliphatic carbocycles. The highest BCUT2D eigenvalue weighted by Gasteiger charge is 2.19. The summed E-state index contributed by atoms with van der Waals surface area (Å²) in [6, 6.07) is 65.2. The second-order valence-corrected chi connectivity index (χ2v) is 13.2. The molecule has 4 heteroatoms. The van der Waals surface area contributed by atoms with Crippen LogP contribution in [0, 0.1) is 0 Å². The van der Waals surface area contributed by atoms with Gasteiger partial charge in [0.1, 0.15) is 11.2 Å². The second-order valence-electron chi connectivity index (χ2n) is 13.2. The third-order valence-corrected chi connectivity index (χ3v) is 9.95. The number of furan rings is 1. The maximum absolute atomic E-state index is 6.47. The number of hydrogen-bond donors (Lipinski definition) is 0. The molecule has 0 aliphatic rings. The Bertz CT molecular complexity index is 2950. The predicted molar refractivity (Wildman–Crippen MR) is 217 cm³/mol. The maximum Gasteiger partial charge on any atom is 0.167 e. The van der Waals surface area contributed by atoms with Gasteiger partial charge in [-0.3, -0.25) is 0 Å². The molecular formula is C49H31N3O. The molecule has 0 bridgehead atoms. The average molecular weight is 678 g/mol. The number of fused-ring (bicyclic) bond motifs is 4. The van der Waals surface area contributed by atoms with Gasteiger partial charge in [0.25, 0.3) is 0 Å². The van der Waals surface area contributed by atoms with Crippen molar-refractivity contribution in [3.05, 3.63) is 188 Å². The van der Waals surface area contributed by atoms with E-state index < -0.39 is 0 Å². The molecule has 2 aromatic heterocycles. The molecular weight excluding hydrogens is 647 g/mol. The molecule has 0 unspecified atom stereocenters. The molecule has 2 heterocycles. The molecule has 0 aliphatic heterocycles. The molecule has 0 radical (unpaired) electrons.